The molecule has 1 aromatic carbocycles. The predicted molar refractivity (Wildman–Crippen MR) is 115 cm³/mol. The Kier molecular flexibility index (Phi) is 5.95. The van der Waals surface area contributed by atoms with Crippen molar-refractivity contribution in [3.8, 4) is 11.3 Å². The number of carbonyl (C=O) groups is 1. The Bertz CT molecular complexity index is 901. The molecule has 0 unspecified atom stereocenters. The van der Waals surface area contributed by atoms with Crippen molar-refractivity contribution in [2.75, 3.05) is 5.32 Å². The van der Waals surface area contributed by atoms with E-state index < -0.39 is 0 Å². The summed E-state index contributed by atoms with van der Waals surface area (Å²) >= 11 is 0. The highest BCUT2D eigenvalue weighted by molar-refractivity contribution is 5.90. The zero-order chi connectivity index (χ0) is 20.4. The second-order valence-corrected chi connectivity index (χ2v) is 8.96. The van der Waals surface area contributed by atoms with Crippen LogP contribution < -0.4 is 5.32 Å². The first kappa shape index (κ1) is 20.0. The summed E-state index contributed by atoms with van der Waals surface area (Å²) in [7, 11) is 0. The van der Waals surface area contributed by atoms with E-state index in [1.165, 1.54) is 31.2 Å². The minimum atomic E-state index is 0.0192. The van der Waals surface area contributed by atoms with E-state index in [9.17, 15) is 9.90 Å². The number of aromatic nitrogens is 2. The summed E-state index contributed by atoms with van der Waals surface area (Å²) in [4.78, 5) is 22.4. The van der Waals surface area contributed by atoms with Crippen molar-refractivity contribution in [3.63, 3.8) is 0 Å². The third kappa shape index (κ3) is 4.50. The van der Waals surface area contributed by atoms with Gasteiger partial charge in [-0.15, -0.1) is 0 Å². The smallest absolute Gasteiger partial charge is 0.225 e. The molecule has 0 saturated heterocycles. The molecule has 4 rings (SSSR count). The molecule has 1 aromatic heterocycles. The number of hydrogen-bond donors (Lipinski definition) is 2. The van der Waals surface area contributed by atoms with Gasteiger partial charge in [-0.2, -0.15) is 0 Å². The molecule has 2 aromatic rings. The fourth-order valence-corrected chi connectivity index (χ4v) is 4.62. The third-order valence-electron chi connectivity index (χ3n) is 6.09. The number of hydrogen-bond acceptors (Lipinski definition) is 4. The van der Waals surface area contributed by atoms with Gasteiger partial charge < -0.3 is 10.4 Å². The van der Waals surface area contributed by atoms with E-state index in [1.54, 1.807) is 0 Å². The van der Waals surface area contributed by atoms with Crippen LogP contribution in [-0.2, 0) is 30.7 Å². The lowest BCUT2D eigenvalue weighted by molar-refractivity contribution is -0.116. The van der Waals surface area contributed by atoms with Crippen molar-refractivity contribution in [2.24, 2.45) is 11.8 Å². The Labute approximate surface area is 173 Å². The highest BCUT2D eigenvalue weighted by Gasteiger charge is 2.25. The average molecular weight is 394 g/mol. The van der Waals surface area contributed by atoms with Gasteiger partial charge in [0.05, 0.1) is 23.7 Å². The minimum absolute atomic E-state index is 0.0192. The summed E-state index contributed by atoms with van der Waals surface area (Å²) < 4.78 is 0. The Morgan fingerprint density at radius 3 is 2.72 bits per heavy atom. The van der Waals surface area contributed by atoms with Crippen molar-refractivity contribution in [3.05, 3.63) is 40.7 Å². The van der Waals surface area contributed by atoms with Crippen LogP contribution >= 0.6 is 0 Å². The third-order valence-corrected chi connectivity index (χ3v) is 6.09. The molecule has 2 aliphatic carbocycles. The number of benzene rings is 1. The molecule has 0 radical (unpaired) electrons. The molecule has 0 atom stereocenters. The van der Waals surface area contributed by atoms with Crippen LogP contribution in [-0.4, -0.2) is 21.0 Å². The Balaban J connectivity index is 1.71. The van der Waals surface area contributed by atoms with Crippen LogP contribution in [0.4, 0.5) is 5.82 Å². The highest BCUT2D eigenvalue weighted by Crippen LogP contribution is 2.35. The molecular weight excluding hydrogens is 362 g/mol. The largest absolute Gasteiger partial charge is 0.392 e. The average Bonchev–Trinajstić information content (AvgIpc) is 3.20. The first-order valence-electron chi connectivity index (χ1n) is 11.0. The standard InChI is InChI=1S/C24H31N3O2/c1-15(2)11-22(29)27-24-21(13-16-5-3-4-6-16)25-23-19-9-7-17(14-28)12-18(19)8-10-20(23)26-24/h7,9,12,15-16,28H,3-6,8,10-11,13-14H2,1-2H3,(H,26,27,29). The molecule has 154 valence electrons. The molecule has 0 aliphatic heterocycles. The summed E-state index contributed by atoms with van der Waals surface area (Å²) in [6, 6.07) is 6.10. The van der Waals surface area contributed by atoms with Gasteiger partial charge in [-0.05, 0) is 42.2 Å². The van der Waals surface area contributed by atoms with Crippen molar-refractivity contribution >= 4 is 11.7 Å². The van der Waals surface area contributed by atoms with Crippen LogP contribution in [0.1, 0.15) is 68.5 Å². The Morgan fingerprint density at radius 1 is 1.21 bits per heavy atom. The first-order chi connectivity index (χ1) is 14.0. The molecule has 1 amide bonds. The van der Waals surface area contributed by atoms with Gasteiger partial charge in [-0.1, -0.05) is 57.7 Å². The number of anilines is 1. The predicted octanol–water partition coefficient (Wildman–Crippen LogP) is 4.45. The number of fused-ring (bicyclic) bond motifs is 3. The molecule has 0 bridgehead atoms. The van der Waals surface area contributed by atoms with E-state index in [4.69, 9.17) is 9.97 Å². The Morgan fingerprint density at radius 2 is 2.00 bits per heavy atom. The number of carbonyl (C=O) groups excluding carboxylic acids is 1. The summed E-state index contributed by atoms with van der Waals surface area (Å²) in [5.74, 6) is 1.62. The zero-order valence-corrected chi connectivity index (χ0v) is 17.5. The topological polar surface area (TPSA) is 75.1 Å². The minimum Gasteiger partial charge on any atom is -0.392 e. The summed E-state index contributed by atoms with van der Waals surface area (Å²) in [5.41, 5.74) is 6.11. The van der Waals surface area contributed by atoms with Crippen molar-refractivity contribution in [1.82, 2.24) is 9.97 Å². The van der Waals surface area contributed by atoms with Gasteiger partial charge in [0.25, 0.3) is 0 Å². The molecule has 5 nitrogen and oxygen atoms in total. The molecular formula is C24H31N3O2. The summed E-state index contributed by atoms with van der Waals surface area (Å²) in [6.45, 7) is 4.16. The van der Waals surface area contributed by atoms with Crippen molar-refractivity contribution in [2.45, 2.75) is 71.8 Å². The number of rotatable bonds is 6. The summed E-state index contributed by atoms with van der Waals surface area (Å²) in [6.07, 6.45) is 8.09. The molecule has 1 saturated carbocycles. The molecule has 29 heavy (non-hydrogen) atoms. The van der Waals surface area contributed by atoms with Crippen LogP contribution in [0.3, 0.4) is 0 Å². The number of nitrogens with zero attached hydrogens (tertiary/aromatic N) is 2. The Hall–Kier alpha value is -2.27. The molecule has 1 fully saturated rings. The number of nitrogens with one attached hydrogen (secondary N) is 1. The summed E-state index contributed by atoms with van der Waals surface area (Å²) in [5, 5.41) is 12.5. The van der Waals surface area contributed by atoms with Crippen LogP contribution in [0.25, 0.3) is 11.3 Å². The van der Waals surface area contributed by atoms with Gasteiger partial charge in [-0.25, -0.2) is 9.97 Å². The van der Waals surface area contributed by atoms with Crippen LogP contribution in [0.15, 0.2) is 18.2 Å². The lowest BCUT2D eigenvalue weighted by Gasteiger charge is -2.22. The number of amides is 1. The van der Waals surface area contributed by atoms with E-state index in [-0.39, 0.29) is 12.5 Å². The van der Waals surface area contributed by atoms with Gasteiger partial charge >= 0.3 is 0 Å². The van der Waals surface area contributed by atoms with Gasteiger partial charge in [-0.3, -0.25) is 4.79 Å². The van der Waals surface area contributed by atoms with Gasteiger partial charge in [0.1, 0.15) is 0 Å². The fraction of sp³-hybridized carbons (Fsp3) is 0.542. The quantitative estimate of drug-likeness (QED) is 0.760. The second-order valence-electron chi connectivity index (χ2n) is 8.96. The van der Waals surface area contributed by atoms with Gasteiger partial charge in [0.2, 0.25) is 5.91 Å². The molecule has 0 spiro atoms. The fourth-order valence-electron chi connectivity index (χ4n) is 4.62. The zero-order valence-electron chi connectivity index (χ0n) is 17.5. The van der Waals surface area contributed by atoms with Crippen LogP contribution in [0.2, 0.25) is 0 Å². The first-order valence-corrected chi connectivity index (χ1v) is 11.0. The molecule has 2 aliphatic rings. The number of aliphatic hydroxyl groups is 1. The maximum Gasteiger partial charge on any atom is 0.225 e. The van der Waals surface area contributed by atoms with E-state index in [2.05, 4.69) is 31.3 Å². The van der Waals surface area contributed by atoms with E-state index >= 15 is 0 Å². The second kappa shape index (κ2) is 8.62. The SMILES string of the molecule is CC(C)CC(=O)Nc1nc2c(nc1CC1CCCC1)-c1ccc(CO)cc1CC2. The van der Waals surface area contributed by atoms with E-state index in [0.29, 0.717) is 24.1 Å². The number of aryl methyl sites for hydroxylation is 2. The van der Waals surface area contributed by atoms with Crippen molar-refractivity contribution < 1.29 is 9.90 Å². The van der Waals surface area contributed by atoms with Crippen molar-refractivity contribution in [1.29, 1.82) is 0 Å². The molecule has 5 heteroatoms. The highest BCUT2D eigenvalue weighted by atomic mass is 16.3. The molecule has 2 N–H and O–H groups in total. The maximum absolute atomic E-state index is 12.4. The van der Waals surface area contributed by atoms with E-state index in [0.717, 1.165) is 47.5 Å². The molecule has 1 heterocycles. The number of aliphatic hydroxyl groups excluding tert-OH is 1. The van der Waals surface area contributed by atoms with Crippen LogP contribution in [0, 0.1) is 11.8 Å². The van der Waals surface area contributed by atoms with E-state index in [1.807, 2.05) is 6.07 Å². The van der Waals surface area contributed by atoms with Gasteiger partial charge in [0.15, 0.2) is 5.82 Å². The maximum atomic E-state index is 12.4. The lowest BCUT2D eigenvalue weighted by atomic mass is 9.90. The van der Waals surface area contributed by atoms with Crippen LogP contribution in [0.5, 0.6) is 0 Å². The normalized spacial score (nSPS) is 16.0. The monoisotopic (exact) mass is 393 g/mol. The lowest BCUT2D eigenvalue weighted by Crippen LogP contribution is -2.20. The van der Waals surface area contributed by atoms with Gasteiger partial charge in [0, 0.05) is 12.0 Å².